The summed E-state index contributed by atoms with van der Waals surface area (Å²) >= 11 is 1.81. The molecule has 0 bridgehead atoms. The third kappa shape index (κ3) is 4.02. The molecule has 1 atom stereocenters. The van der Waals surface area contributed by atoms with Crippen LogP contribution in [0.5, 0.6) is 0 Å². The number of aromatic nitrogens is 2. The molecule has 0 aliphatic carbocycles. The third-order valence-electron chi connectivity index (χ3n) is 3.90. The Labute approximate surface area is 130 Å². The molecule has 0 amide bonds. The van der Waals surface area contributed by atoms with Crippen molar-refractivity contribution in [1.29, 1.82) is 0 Å². The first-order chi connectivity index (χ1) is 10.2. The average molecular weight is 302 g/mol. The van der Waals surface area contributed by atoms with Crippen LogP contribution in [-0.4, -0.2) is 34.5 Å². The molecule has 3 heterocycles. The van der Waals surface area contributed by atoms with Crippen LogP contribution in [0.4, 0.5) is 5.82 Å². The molecule has 112 valence electrons. The highest BCUT2D eigenvalue weighted by Gasteiger charge is 2.22. The van der Waals surface area contributed by atoms with Crippen molar-refractivity contribution in [2.75, 3.05) is 25.0 Å². The number of likely N-dealkylation sites (tertiary alicyclic amines) is 1. The summed E-state index contributed by atoms with van der Waals surface area (Å²) in [5.41, 5.74) is 1.20. The molecule has 0 saturated carbocycles. The molecule has 1 N–H and O–H groups in total. The van der Waals surface area contributed by atoms with Crippen molar-refractivity contribution in [3.8, 4) is 0 Å². The Morgan fingerprint density at radius 1 is 1.29 bits per heavy atom. The van der Waals surface area contributed by atoms with E-state index in [0.29, 0.717) is 5.92 Å². The number of nitrogens with zero attached hydrogens (tertiary/aromatic N) is 3. The summed E-state index contributed by atoms with van der Waals surface area (Å²) in [7, 11) is 0. The minimum atomic E-state index is 0.710. The van der Waals surface area contributed by atoms with Crippen molar-refractivity contribution in [2.24, 2.45) is 5.92 Å². The lowest BCUT2D eigenvalue weighted by Crippen LogP contribution is -2.22. The van der Waals surface area contributed by atoms with Crippen LogP contribution < -0.4 is 5.32 Å². The van der Waals surface area contributed by atoms with E-state index < -0.39 is 0 Å². The van der Waals surface area contributed by atoms with Crippen LogP contribution in [0.15, 0.2) is 24.5 Å². The van der Waals surface area contributed by atoms with Gasteiger partial charge in [0.05, 0.1) is 5.01 Å². The molecule has 0 unspecified atom stereocenters. The fourth-order valence-electron chi connectivity index (χ4n) is 2.74. The predicted octanol–water partition coefficient (Wildman–Crippen LogP) is 3.09. The van der Waals surface area contributed by atoms with E-state index in [4.69, 9.17) is 0 Å². The molecule has 0 aromatic carbocycles. The third-order valence-corrected chi connectivity index (χ3v) is 4.80. The van der Waals surface area contributed by atoms with E-state index in [0.717, 1.165) is 30.5 Å². The molecule has 1 fully saturated rings. The Bertz CT molecular complexity index is 578. The normalized spacial score (nSPS) is 19.0. The summed E-state index contributed by atoms with van der Waals surface area (Å²) < 4.78 is 0. The van der Waals surface area contributed by atoms with Crippen LogP contribution in [0, 0.1) is 19.8 Å². The van der Waals surface area contributed by atoms with Gasteiger partial charge in [0.2, 0.25) is 0 Å². The lowest BCUT2D eigenvalue weighted by atomic mass is 10.1. The molecular formula is C16H22N4S. The van der Waals surface area contributed by atoms with Gasteiger partial charge in [0.25, 0.3) is 0 Å². The summed E-state index contributed by atoms with van der Waals surface area (Å²) in [5, 5.41) is 4.61. The molecular weight excluding hydrogens is 280 g/mol. The number of anilines is 1. The Balaban J connectivity index is 1.45. The zero-order valence-corrected chi connectivity index (χ0v) is 13.5. The average Bonchev–Trinajstić information content (AvgIpc) is 3.08. The molecule has 1 saturated heterocycles. The van der Waals surface area contributed by atoms with Crippen LogP contribution in [0.2, 0.25) is 0 Å². The molecule has 0 spiro atoms. The van der Waals surface area contributed by atoms with Crippen LogP contribution in [0.3, 0.4) is 0 Å². The SMILES string of the molecule is Cc1ccc(NC[C@@H]2CCN(Cc3cnc(C)s3)C2)nc1. The van der Waals surface area contributed by atoms with Crippen molar-refractivity contribution >= 4 is 17.2 Å². The zero-order chi connectivity index (χ0) is 14.7. The second-order valence-electron chi connectivity index (χ2n) is 5.84. The van der Waals surface area contributed by atoms with Gasteiger partial charge in [-0.25, -0.2) is 9.97 Å². The van der Waals surface area contributed by atoms with Gasteiger partial charge in [-0.3, -0.25) is 4.90 Å². The van der Waals surface area contributed by atoms with Gasteiger partial charge in [0.15, 0.2) is 0 Å². The molecule has 21 heavy (non-hydrogen) atoms. The molecule has 5 heteroatoms. The summed E-state index contributed by atoms with van der Waals surface area (Å²) in [4.78, 5) is 12.6. The fourth-order valence-corrected chi connectivity index (χ4v) is 3.58. The van der Waals surface area contributed by atoms with Gasteiger partial charge in [0.1, 0.15) is 5.82 Å². The molecule has 1 aliphatic heterocycles. The van der Waals surface area contributed by atoms with Crippen LogP contribution in [-0.2, 0) is 6.54 Å². The second kappa shape index (κ2) is 6.54. The van der Waals surface area contributed by atoms with E-state index in [1.165, 1.54) is 23.4 Å². The number of hydrogen-bond donors (Lipinski definition) is 1. The quantitative estimate of drug-likeness (QED) is 0.921. The van der Waals surface area contributed by atoms with Crippen molar-refractivity contribution in [3.63, 3.8) is 0 Å². The topological polar surface area (TPSA) is 41.0 Å². The number of pyridine rings is 1. The van der Waals surface area contributed by atoms with Gasteiger partial charge in [-0.2, -0.15) is 0 Å². The van der Waals surface area contributed by atoms with Crippen molar-refractivity contribution < 1.29 is 0 Å². The largest absolute Gasteiger partial charge is 0.370 e. The highest BCUT2D eigenvalue weighted by Crippen LogP contribution is 2.21. The van der Waals surface area contributed by atoms with Gasteiger partial charge < -0.3 is 5.32 Å². The summed E-state index contributed by atoms with van der Waals surface area (Å²) in [5.74, 6) is 1.69. The predicted molar refractivity (Wildman–Crippen MR) is 87.7 cm³/mol. The number of rotatable bonds is 5. The van der Waals surface area contributed by atoms with Crippen LogP contribution in [0.1, 0.15) is 21.9 Å². The summed E-state index contributed by atoms with van der Waals surface area (Å²) in [6.45, 7) is 8.53. The van der Waals surface area contributed by atoms with E-state index in [1.54, 1.807) is 0 Å². The molecule has 1 aliphatic rings. The monoisotopic (exact) mass is 302 g/mol. The maximum atomic E-state index is 4.40. The highest BCUT2D eigenvalue weighted by molar-refractivity contribution is 7.11. The zero-order valence-electron chi connectivity index (χ0n) is 12.7. The number of hydrogen-bond acceptors (Lipinski definition) is 5. The minimum absolute atomic E-state index is 0.710. The van der Waals surface area contributed by atoms with Crippen molar-refractivity contribution in [3.05, 3.63) is 40.0 Å². The first kappa shape index (κ1) is 14.5. The van der Waals surface area contributed by atoms with Gasteiger partial charge in [0, 0.05) is 36.9 Å². The molecule has 4 nitrogen and oxygen atoms in total. The maximum Gasteiger partial charge on any atom is 0.125 e. The minimum Gasteiger partial charge on any atom is -0.370 e. The van der Waals surface area contributed by atoms with E-state index in [9.17, 15) is 0 Å². The lowest BCUT2D eigenvalue weighted by molar-refractivity contribution is 0.321. The van der Waals surface area contributed by atoms with E-state index >= 15 is 0 Å². The Morgan fingerprint density at radius 3 is 2.90 bits per heavy atom. The van der Waals surface area contributed by atoms with Crippen LogP contribution >= 0.6 is 11.3 Å². The van der Waals surface area contributed by atoms with Gasteiger partial charge >= 0.3 is 0 Å². The smallest absolute Gasteiger partial charge is 0.125 e. The van der Waals surface area contributed by atoms with Gasteiger partial charge in [-0.1, -0.05) is 6.07 Å². The van der Waals surface area contributed by atoms with Crippen LogP contribution in [0.25, 0.3) is 0 Å². The Hall–Kier alpha value is -1.46. The Morgan fingerprint density at radius 2 is 2.19 bits per heavy atom. The summed E-state index contributed by atoms with van der Waals surface area (Å²) in [6, 6.07) is 4.16. The lowest BCUT2D eigenvalue weighted by Gasteiger charge is -2.15. The van der Waals surface area contributed by atoms with Gasteiger partial charge in [-0.05, 0) is 44.4 Å². The summed E-state index contributed by atoms with van der Waals surface area (Å²) in [6.07, 6.45) is 5.19. The van der Waals surface area contributed by atoms with E-state index in [2.05, 4.69) is 46.2 Å². The first-order valence-corrected chi connectivity index (χ1v) is 8.31. The number of nitrogens with one attached hydrogen (secondary N) is 1. The fraction of sp³-hybridized carbons (Fsp3) is 0.500. The molecule has 0 radical (unpaired) electrons. The highest BCUT2D eigenvalue weighted by atomic mass is 32.1. The van der Waals surface area contributed by atoms with Crippen molar-refractivity contribution in [2.45, 2.75) is 26.8 Å². The van der Waals surface area contributed by atoms with E-state index in [-0.39, 0.29) is 0 Å². The maximum absolute atomic E-state index is 4.40. The number of thiazole rings is 1. The molecule has 2 aromatic rings. The Kier molecular flexibility index (Phi) is 4.51. The second-order valence-corrected chi connectivity index (χ2v) is 7.16. The van der Waals surface area contributed by atoms with Gasteiger partial charge in [-0.15, -0.1) is 11.3 Å². The van der Waals surface area contributed by atoms with Crippen molar-refractivity contribution in [1.82, 2.24) is 14.9 Å². The molecule has 2 aromatic heterocycles. The standard InChI is InChI=1S/C16H22N4S/c1-12-3-4-16(18-7-12)19-8-14-5-6-20(10-14)11-15-9-17-13(2)21-15/h3-4,7,9,14H,5-6,8,10-11H2,1-2H3,(H,18,19)/t14-/m0/s1. The molecule has 3 rings (SSSR count). The first-order valence-electron chi connectivity index (χ1n) is 7.49. The number of aryl methyl sites for hydroxylation is 2. The van der Waals surface area contributed by atoms with E-state index in [1.807, 2.05) is 23.7 Å².